The summed E-state index contributed by atoms with van der Waals surface area (Å²) in [7, 11) is 0. The fourth-order valence-corrected chi connectivity index (χ4v) is 2.34. The lowest BCUT2D eigenvalue weighted by Crippen LogP contribution is -2.00. The minimum absolute atomic E-state index is 0.0791. The molecule has 6 heteroatoms. The van der Waals surface area contributed by atoms with Crippen molar-refractivity contribution in [1.82, 2.24) is 4.98 Å². The van der Waals surface area contributed by atoms with Crippen LogP contribution in [0, 0.1) is 0 Å². The van der Waals surface area contributed by atoms with Crippen LogP contribution >= 0.6 is 34.8 Å². The van der Waals surface area contributed by atoms with E-state index in [4.69, 9.17) is 39.9 Å². The third kappa shape index (κ3) is 3.18. The second-order valence-electron chi connectivity index (χ2n) is 3.84. The van der Waals surface area contributed by atoms with Crippen LogP contribution < -0.4 is 0 Å². The Morgan fingerprint density at radius 1 is 1.11 bits per heavy atom. The highest BCUT2D eigenvalue weighted by Crippen LogP contribution is 2.38. The van der Waals surface area contributed by atoms with Crippen molar-refractivity contribution in [3.63, 3.8) is 0 Å². The van der Waals surface area contributed by atoms with E-state index in [0.717, 1.165) is 0 Å². The fraction of sp³-hybridized carbons (Fsp3) is 0.0769. The summed E-state index contributed by atoms with van der Waals surface area (Å²) in [5.74, 6) is -0.909. The van der Waals surface area contributed by atoms with Gasteiger partial charge in [0.25, 0.3) is 0 Å². The van der Waals surface area contributed by atoms with E-state index in [2.05, 4.69) is 4.98 Å². The van der Waals surface area contributed by atoms with Crippen LogP contribution in [0.1, 0.15) is 5.56 Å². The molecule has 1 heterocycles. The lowest BCUT2D eigenvalue weighted by atomic mass is 10.1. The SMILES string of the molecule is O=C(O)Cc1ccc(-c2c(Cl)ccc(Cl)c2Cl)nc1. The first-order valence-electron chi connectivity index (χ1n) is 5.29. The number of nitrogens with zero attached hydrogens (tertiary/aromatic N) is 1. The van der Waals surface area contributed by atoms with E-state index in [1.54, 1.807) is 24.3 Å². The second kappa shape index (κ2) is 5.78. The van der Waals surface area contributed by atoms with Gasteiger partial charge in [0.1, 0.15) is 0 Å². The van der Waals surface area contributed by atoms with Crippen molar-refractivity contribution in [1.29, 1.82) is 0 Å². The number of carboxylic acid groups (broad SMARTS) is 1. The zero-order valence-electron chi connectivity index (χ0n) is 9.53. The van der Waals surface area contributed by atoms with Gasteiger partial charge in [0.2, 0.25) is 0 Å². The molecule has 98 valence electrons. The molecular weight excluding hydrogens is 309 g/mol. The number of rotatable bonds is 3. The fourth-order valence-electron chi connectivity index (χ4n) is 1.61. The zero-order valence-corrected chi connectivity index (χ0v) is 11.8. The minimum Gasteiger partial charge on any atom is -0.481 e. The van der Waals surface area contributed by atoms with Crippen LogP contribution in [-0.4, -0.2) is 16.1 Å². The number of carboxylic acids is 1. The zero-order chi connectivity index (χ0) is 14.0. The molecule has 19 heavy (non-hydrogen) atoms. The summed E-state index contributed by atoms with van der Waals surface area (Å²) < 4.78 is 0. The normalized spacial score (nSPS) is 10.5. The molecule has 0 saturated heterocycles. The van der Waals surface area contributed by atoms with Crippen LogP contribution in [0.5, 0.6) is 0 Å². The Morgan fingerprint density at radius 3 is 2.37 bits per heavy atom. The van der Waals surface area contributed by atoms with Gasteiger partial charge in [-0.05, 0) is 23.8 Å². The Labute approximate surface area is 124 Å². The highest BCUT2D eigenvalue weighted by molar-refractivity contribution is 6.46. The lowest BCUT2D eigenvalue weighted by Gasteiger charge is -2.08. The number of aliphatic carboxylic acids is 1. The van der Waals surface area contributed by atoms with Crippen molar-refractivity contribution in [2.45, 2.75) is 6.42 Å². The van der Waals surface area contributed by atoms with Gasteiger partial charge in [-0.2, -0.15) is 0 Å². The van der Waals surface area contributed by atoms with Gasteiger partial charge < -0.3 is 5.11 Å². The molecule has 1 aromatic heterocycles. The summed E-state index contributed by atoms with van der Waals surface area (Å²) in [4.78, 5) is 14.8. The maximum Gasteiger partial charge on any atom is 0.307 e. The van der Waals surface area contributed by atoms with Crippen molar-refractivity contribution in [3.05, 3.63) is 51.1 Å². The molecule has 2 rings (SSSR count). The van der Waals surface area contributed by atoms with Crippen LogP contribution in [0.3, 0.4) is 0 Å². The molecule has 0 amide bonds. The van der Waals surface area contributed by atoms with Crippen molar-refractivity contribution in [3.8, 4) is 11.3 Å². The van der Waals surface area contributed by atoms with Crippen molar-refractivity contribution in [2.24, 2.45) is 0 Å². The standard InChI is InChI=1S/C13H8Cl3NO2/c14-8-2-3-9(15)13(16)12(8)10-4-1-7(6-17-10)5-11(18)19/h1-4,6H,5H2,(H,18,19). The minimum atomic E-state index is -0.909. The largest absolute Gasteiger partial charge is 0.481 e. The molecule has 0 aliphatic rings. The van der Waals surface area contributed by atoms with E-state index in [0.29, 0.717) is 31.9 Å². The summed E-state index contributed by atoms with van der Waals surface area (Å²) in [5.41, 5.74) is 1.69. The van der Waals surface area contributed by atoms with Crippen molar-refractivity contribution in [2.75, 3.05) is 0 Å². The monoisotopic (exact) mass is 315 g/mol. The summed E-state index contributed by atoms with van der Waals surface area (Å²) in [6.07, 6.45) is 1.40. The third-order valence-electron chi connectivity index (χ3n) is 2.48. The molecule has 2 aromatic rings. The molecule has 0 bridgehead atoms. The molecule has 0 radical (unpaired) electrons. The maximum atomic E-state index is 10.6. The lowest BCUT2D eigenvalue weighted by molar-refractivity contribution is -0.136. The van der Waals surface area contributed by atoms with Gasteiger partial charge in [0.05, 0.1) is 27.2 Å². The number of pyridine rings is 1. The van der Waals surface area contributed by atoms with E-state index in [1.807, 2.05) is 0 Å². The van der Waals surface area contributed by atoms with Gasteiger partial charge in [-0.3, -0.25) is 9.78 Å². The first-order chi connectivity index (χ1) is 8.99. The summed E-state index contributed by atoms with van der Waals surface area (Å²) in [6.45, 7) is 0. The smallest absolute Gasteiger partial charge is 0.307 e. The molecule has 0 aliphatic heterocycles. The predicted molar refractivity (Wildman–Crippen MR) is 76.0 cm³/mol. The van der Waals surface area contributed by atoms with Gasteiger partial charge >= 0.3 is 5.97 Å². The number of aromatic nitrogens is 1. The number of hydrogen-bond acceptors (Lipinski definition) is 2. The van der Waals surface area contributed by atoms with Gasteiger partial charge in [-0.15, -0.1) is 0 Å². The second-order valence-corrected chi connectivity index (χ2v) is 5.03. The van der Waals surface area contributed by atoms with Crippen LogP contribution in [0.2, 0.25) is 15.1 Å². The van der Waals surface area contributed by atoms with Crippen molar-refractivity contribution < 1.29 is 9.90 Å². The van der Waals surface area contributed by atoms with Gasteiger partial charge in [-0.1, -0.05) is 40.9 Å². The first-order valence-corrected chi connectivity index (χ1v) is 6.43. The van der Waals surface area contributed by atoms with Crippen LogP contribution in [0.25, 0.3) is 11.3 Å². The Hall–Kier alpha value is -1.29. The van der Waals surface area contributed by atoms with E-state index in [9.17, 15) is 4.79 Å². The van der Waals surface area contributed by atoms with Crippen LogP contribution in [0.4, 0.5) is 0 Å². The van der Waals surface area contributed by atoms with Gasteiger partial charge in [0.15, 0.2) is 0 Å². The summed E-state index contributed by atoms with van der Waals surface area (Å²) >= 11 is 18.1. The topological polar surface area (TPSA) is 50.2 Å². The predicted octanol–water partition coefficient (Wildman–Crippen LogP) is 4.34. The Bertz CT molecular complexity index is 627. The molecule has 0 unspecified atom stereocenters. The molecule has 0 fully saturated rings. The average molecular weight is 317 g/mol. The van der Waals surface area contributed by atoms with E-state index < -0.39 is 5.97 Å². The van der Waals surface area contributed by atoms with Crippen LogP contribution in [-0.2, 0) is 11.2 Å². The molecule has 0 atom stereocenters. The van der Waals surface area contributed by atoms with E-state index in [1.165, 1.54) is 6.20 Å². The number of halogens is 3. The Kier molecular flexibility index (Phi) is 4.30. The molecule has 0 aliphatic carbocycles. The van der Waals surface area contributed by atoms with E-state index >= 15 is 0 Å². The van der Waals surface area contributed by atoms with Crippen molar-refractivity contribution >= 4 is 40.8 Å². The maximum absolute atomic E-state index is 10.6. The average Bonchev–Trinajstić information content (AvgIpc) is 2.36. The van der Waals surface area contributed by atoms with Gasteiger partial charge in [-0.25, -0.2) is 0 Å². The van der Waals surface area contributed by atoms with E-state index in [-0.39, 0.29) is 6.42 Å². The van der Waals surface area contributed by atoms with Crippen LogP contribution in [0.15, 0.2) is 30.5 Å². The quantitative estimate of drug-likeness (QED) is 0.857. The number of carbonyl (C=O) groups is 1. The van der Waals surface area contributed by atoms with Gasteiger partial charge in [0, 0.05) is 11.8 Å². The molecule has 1 N–H and O–H groups in total. The Balaban J connectivity index is 2.43. The first kappa shape index (κ1) is 14.1. The molecule has 1 aromatic carbocycles. The molecule has 0 saturated carbocycles. The molecule has 3 nitrogen and oxygen atoms in total. The third-order valence-corrected chi connectivity index (χ3v) is 3.60. The molecule has 0 spiro atoms. The summed E-state index contributed by atoms with van der Waals surface area (Å²) in [5, 5.41) is 9.84. The highest BCUT2D eigenvalue weighted by atomic mass is 35.5. The number of benzene rings is 1. The summed E-state index contributed by atoms with van der Waals surface area (Å²) in [6, 6.07) is 6.58. The Morgan fingerprint density at radius 2 is 1.79 bits per heavy atom. The molecular formula is C13H8Cl3NO2. The highest BCUT2D eigenvalue weighted by Gasteiger charge is 2.13. The number of hydrogen-bond donors (Lipinski definition) is 1.